The Labute approximate surface area is 183 Å². The van der Waals surface area contributed by atoms with Crippen molar-refractivity contribution in [3.05, 3.63) is 120 Å². The number of carbonyl (C=O) groups is 2. The second kappa shape index (κ2) is 9.86. The number of furan rings is 2. The topological polar surface area (TPSA) is 109 Å². The van der Waals surface area contributed by atoms with Gasteiger partial charge in [-0.25, -0.2) is 10.9 Å². The van der Waals surface area contributed by atoms with Gasteiger partial charge in [0.1, 0.15) is 0 Å². The Hall–Kier alpha value is -4.72. The predicted octanol–water partition coefficient (Wildman–Crippen LogP) is 3.84. The number of carbonyl (C=O) groups excluding carboxylic acids is 2. The van der Waals surface area contributed by atoms with E-state index < -0.39 is 11.8 Å². The molecule has 4 aromatic rings. The van der Waals surface area contributed by atoms with Crippen LogP contribution in [-0.2, 0) is 0 Å². The molecule has 0 saturated heterocycles. The van der Waals surface area contributed by atoms with E-state index in [2.05, 4.69) is 21.1 Å². The second-order valence-electron chi connectivity index (χ2n) is 6.49. The summed E-state index contributed by atoms with van der Waals surface area (Å²) in [7, 11) is 0. The Morgan fingerprint density at radius 2 is 0.969 bits per heavy atom. The van der Waals surface area contributed by atoms with Crippen molar-refractivity contribution in [3.63, 3.8) is 0 Å². The van der Waals surface area contributed by atoms with Crippen LogP contribution in [0, 0.1) is 0 Å². The summed E-state index contributed by atoms with van der Waals surface area (Å²) < 4.78 is 11.0. The molecule has 2 aromatic carbocycles. The highest BCUT2D eigenvalue weighted by Crippen LogP contribution is 2.12. The lowest BCUT2D eigenvalue weighted by Gasteiger charge is -2.08. The predicted molar refractivity (Wildman–Crippen MR) is 118 cm³/mol. The van der Waals surface area contributed by atoms with Gasteiger partial charge in [-0.15, -0.1) is 0 Å². The first-order chi connectivity index (χ1) is 15.7. The molecule has 158 valence electrons. The van der Waals surface area contributed by atoms with Gasteiger partial charge in [0.15, 0.2) is 22.9 Å². The zero-order chi connectivity index (χ0) is 22.2. The van der Waals surface area contributed by atoms with Crippen LogP contribution in [0.25, 0.3) is 0 Å². The van der Waals surface area contributed by atoms with Gasteiger partial charge in [-0.2, -0.15) is 10.2 Å². The lowest BCUT2D eigenvalue weighted by atomic mass is 10.1. The number of rotatable bonds is 7. The summed E-state index contributed by atoms with van der Waals surface area (Å²) in [6.45, 7) is 0. The zero-order valence-electron chi connectivity index (χ0n) is 16.8. The van der Waals surface area contributed by atoms with E-state index in [0.717, 1.165) is 0 Å². The monoisotopic (exact) mass is 426 g/mol. The van der Waals surface area contributed by atoms with Gasteiger partial charge in [0.2, 0.25) is 0 Å². The van der Waals surface area contributed by atoms with Crippen molar-refractivity contribution >= 4 is 23.2 Å². The molecule has 0 spiro atoms. The Morgan fingerprint density at radius 1 is 0.562 bits per heavy atom. The van der Waals surface area contributed by atoms with Gasteiger partial charge < -0.3 is 8.83 Å². The quantitative estimate of drug-likeness (QED) is 0.346. The molecule has 0 atom stereocenters. The molecular formula is C24H18N4O4. The van der Waals surface area contributed by atoms with Gasteiger partial charge in [-0.1, -0.05) is 36.4 Å². The Kier molecular flexibility index (Phi) is 6.33. The van der Waals surface area contributed by atoms with Gasteiger partial charge in [-0.3, -0.25) is 9.59 Å². The second-order valence-corrected chi connectivity index (χ2v) is 6.49. The van der Waals surface area contributed by atoms with Crippen LogP contribution in [-0.4, -0.2) is 23.2 Å². The van der Waals surface area contributed by atoms with Gasteiger partial charge in [0.25, 0.3) is 11.8 Å². The van der Waals surface area contributed by atoms with Crippen LogP contribution in [0.4, 0.5) is 0 Å². The van der Waals surface area contributed by atoms with Gasteiger partial charge in [0.05, 0.1) is 12.5 Å². The molecule has 2 aromatic heterocycles. The number of nitrogens with one attached hydrogen (secondary N) is 2. The molecule has 2 N–H and O–H groups in total. The summed E-state index contributed by atoms with van der Waals surface area (Å²) in [4.78, 5) is 25.0. The van der Waals surface area contributed by atoms with Crippen molar-refractivity contribution in [1.82, 2.24) is 10.9 Å². The maximum Gasteiger partial charge on any atom is 0.271 e. The highest BCUT2D eigenvalue weighted by molar-refractivity contribution is 6.52. The van der Waals surface area contributed by atoms with E-state index in [-0.39, 0.29) is 11.4 Å². The fourth-order valence-electron chi connectivity index (χ4n) is 2.80. The molecule has 8 nitrogen and oxygen atoms in total. The SMILES string of the molecule is O=C(N/N=C(\C(=N/NC(=O)c1ccccc1)c1ccco1)c1ccco1)c1ccccc1. The molecular weight excluding hydrogens is 408 g/mol. The Bertz CT molecular complexity index is 1130. The van der Waals surface area contributed by atoms with E-state index in [1.165, 1.54) is 12.5 Å². The normalized spacial score (nSPS) is 11.8. The van der Waals surface area contributed by atoms with Gasteiger partial charge in [-0.05, 0) is 48.5 Å². The maximum absolute atomic E-state index is 12.5. The first-order valence-corrected chi connectivity index (χ1v) is 9.66. The lowest BCUT2D eigenvalue weighted by molar-refractivity contribution is 0.0946. The van der Waals surface area contributed by atoms with Crippen LogP contribution in [0.15, 0.2) is 116 Å². The molecule has 0 unspecified atom stereocenters. The van der Waals surface area contributed by atoms with E-state index in [4.69, 9.17) is 8.83 Å². The van der Waals surface area contributed by atoms with Crippen LogP contribution in [0.3, 0.4) is 0 Å². The number of hydrogen-bond donors (Lipinski definition) is 2. The molecule has 0 saturated carbocycles. The zero-order valence-corrected chi connectivity index (χ0v) is 16.8. The van der Waals surface area contributed by atoms with E-state index >= 15 is 0 Å². The van der Waals surface area contributed by atoms with Crippen LogP contribution >= 0.6 is 0 Å². The third-order valence-electron chi connectivity index (χ3n) is 4.34. The molecule has 0 radical (unpaired) electrons. The average molecular weight is 426 g/mol. The minimum absolute atomic E-state index is 0.169. The summed E-state index contributed by atoms with van der Waals surface area (Å²) >= 11 is 0. The minimum atomic E-state index is -0.415. The molecule has 0 aliphatic carbocycles. The standard InChI is InChI=1S/C24H18N4O4/c29-23(17-9-3-1-4-10-17)27-25-21(19-13-7-15-31-19)22(20-14-8-16-32-20)26-28-24(30)18-11-5-2-6-12-18/h1-16H,(H,27,29)(H,28,30)/b25-21-,26-22-. The fraction of sp³-hybridized carbons (Fsp3) is 0. The fourth-order valence-corrected chi connectivity index (χ4v) is 2.80. The Morgan fingerprint density at radius 3 is 1.31 bits per heavy atom. The number of hydrogen-bond acceptors (Lipinski definition) is 6. The minimum Gasteiger partial charge on any atom is -0.463 e. The summed E-state index contributed by atoms with van der Waals surface area (Å²) in [5.74, 6) is -0.187. The average Bonchev–Trinajstić information content (AvgIpc) is 3.56. The molecule has 0 fully saturated rings. The number of benzene rings is 2. The van der Waals surface area contributed by atoms with E-state index in [1.54, 1.807) is 72.8 Å². The summed E-state index contributed by atoms with van der Waals surface area (Å²) in [5.41, 5.74) is 6.21. The van der Waals surface area contributed by atoms with Crippen molar-refractivity contribution in [2.24, 2.45) is 10.2 Å². The molecule has 0 aliphatic rings. The van der Waals surface area contributed by atoms with E-state index in [1.807, 2.05) is 12.1 Å². The largest absolute Gasteiger partial charge is 0.463 e. The maximum atomic E-state index is 12.5. The van der Waals surface area contributed by atoms with Crippen LogP contribution < -0.4 is 10.9 Å². The number of nitrogens with zero attached hydrogens (tertiary/aromatic N) is 2. The summed E-state index contributed by atoms with van der Waals surface area (Å²) in [5, 5.41) is 8.46. The van der Waals surface area contributed by atoms with Gasteiger partial charge >= 0.3 is 0 Å². The molecule has 32 heavy (non-hydrogen) atoms. The molecule has 8 heteroatoms. The third-order valence-corrected chi connectivity index (χ3v) is 4.34. The van der Waals surface area contributed by atoms with Crippen molar-refractivity contribution in [1.29, 1.82) is 0 Å². The molecule has 2 heterocycles. The molecule has 0 bridgehead atoms. The molecule has 0 aliphatic heterocycles. The van der Waals surface area contributed by atoms with Crippen molar-refractivity contribution in [3.8, 4) is 0 Å². The number of hydrazone groups is 2. The van der Waals surface area contributed by atoms with E-state index in [0.29, 0.717) is 22.6 Å². The van der Waals surface area contributed by atoms with Crippen molar-refractivity contribution in [2.45, 2.75) is 0 Å². The third kappa shape index (κ3) is 4.88. The van der Waals surface area contributed by atoms with Crippen molar-refractivity contribution in [2.75, 3.05) is 0 Å². The first-order valence-electron chi connectivity index (χ1n) is 9.66. The van der Waals surface area contributed by atoms with Crippen LogP contribution in [0.2, 0.25) is 0 Å². The highest BCUT2D eigenvalue weighted by Gasteiger charge is 2.21. The van der Waals surface area contributed by atoms with Gasteiger partial charge in [0, 0.05) is 11.1 Å². The summed E-state index contributed by atoms with van der Waals surface area (Å²) in [6.07, 6.45) is 2.93. The van der Waals surface area contributed by atoms with Crippen LogP contribution in [0.1, 0.15) is 32.2 Å². The van der Waals surface area contributed by atoms with Crippen LogP contribution in [0.5, 0.6) is 0 Å². The molecule has 4 rings (SSSR count). The molecule has 2 amide bonds. The van der Waals surface area contributed by atoms with Crippen molar-refractivity contribution < 1.29 is 18.4 Å². The highest BCUT2D eigenvalue weighted by atomic mass is 16.3. The number of amides is 2. The first kappa shape index (κ1) is 20.5. The smallest absolute Gasteiger partial charge is 0.271 e. The lowest BCUT2D eigenvalue weighted by Crippen LogP contribution is -2.27. The Balaban J connectivity index is 1.68. The summed E-state index contributed by atoms with van der Waals surface area (Å²) in [6, 6.07) is 23.9. The van der Waals surface area contributed by atoms with E-state index in [9.17, 15) is 9.59 Å².